The number of nitrogens with one attached hydrogen (secondary N) is 1. The number of carbonyl (C=O) groups is 1. The second-order valence-corrected chi connectivity index (χ2v) is 4.52. The van der Waals surface area contributed by atoms with Gasteiger partial charge in [0.25, 0.3) is 0 Å². The van der Waals surface area contributed by atoms with Gasteiger partial charge < -0.3 is 5.32 Å². The van der Waals surface area contributed by atoms with Gasteiger partial charge in [0, 0.05) is 18.9 Å². The van der Waals surface area contributed by atoms with Crippen LogP contribution in [0.5, 0.6) is 0 Å². The molecule has 0 aliphatic heterocycles. The van der Waals surface area contributed by atoms with Crippen molar-refractivity contribution in [3.8, 4) is 0 Å². The van der Waals surface area contributed by atoms with E-state index in [0.717, 1.165) is 17.9 Å². The number of carbonyl (C=O) groups excluding carboxylic acids is 1. The number of hydrogen-bond acceptors (Lipinski definition) is 3. The van der Waals surface area contributed by atoms with E-state index in [0.29, 0.717) is 0 Å². The Balaban J connectivity index is 1.95. The summed E-state index contributed by atoms with van der Waals surface area (Å²) in [5.74, 6) is -0.0561. The Morgan fingerprint density at radius 2 is 2.26 bits per heavy atom. The third kappa shape index (κ3) is 3.21. The maximum atomic E-state index is 11.9. The molecule has 0 spiro atoms. The maximum absolute atomic E-state index is 11.9. The Morgan fingerprint density at radius 1 is 1.47 bits per heavy atom. The molecule has 2 aromatic rings. The van der Waals surface area contributed by atoms with E-state index in [1.165, 1.54) is 0 Å². The molecular weight excluding hydrogens is 242 g/mol. The minimum atomic E-state index is -0.0633. The monoisotopic (exact) mass is 261 g/mol. The van der Waals surface area contributed by atoms with Crippen LogP contribution >= 0.6 is 0 Å². The first-order valence-electron chi connectivity index (χ1n) is 6.41. The van der Waals surface area contributed by atoms with E-state index in [1.807, 2.05) is 37.6 Å². The average Bonchev–Trinajstić information content (AvgIpc) is 2.97. The fraction of sp³-hybridized carbons (Fsp3) is 0.462. The Morgan fingerprint density at radius 3 is 2.89 bits per heavy atom. The van der Waals surface area contributed by atoms with Crippen molar-refractivity contribution in [3.63, 3.8) is 0 Å². The van der Waals surface area contributed by atoms with Crippen LogP contribution in [0.2, 0.25) is 0 Å². The third-order valence-electron chi connectivity index (χ3n) is 2.95. The first-order chi connectivity index (χ1) is 9.10. The van der Waals surface area contributed by atoms with Crippen molar-refractivity contribution in [2.45, 2.75) is 39.9 Å². The third-order valence-corrected chi connectivity index (χ3v) is 2.95. The Kier molecular flexibility index (Phi) is 3.99. The summed E-state index contributed by atoms with van der Waals surface area (Å²) in [5, 5.41) is 11.3. The normalized spacial score (nSPS) is 12.4. The maximum Gasteiger partial charge on any atom is 0.242 e. The highest BCUT2D eigenvalue weighted by Crippen LogP contribution is 2.11. The lowest BCUT2D eigenvalue weighted by Gasteiger charge is -2.15. The number of hydrogen-bond donors (Lipinski definition) is 1. The van der Waals surface area contributed by atoms with Crippen molar-refractivity contribution >= 4 is 5.91 Å². The van der Waals surface area contributed by atoms with Crippen LogP contribution in [0.1, 0.15) is 31.3 Å². The summed E-state index contributed by atoms with van der Waals surface area (Å²) in [7, 11) is 0. The zero-order valence-electron chi connectivity index (χ0n) is 11.5. The molecule has 6 nitrogen and oxygen atoms in total. The van der Waals surface area contributed by atoms with Crippen LogP contribution < -0.4 is 5.32 Å². The van der Waals surface area contributed by atoms with E-state index < -0.39 is 0 Å². The Hall–Kier alpha value is -2.11. The van der Waals surface area contributed by atoms with Gasteiger partial charge >= 0.3 is 0 Å². The zero-order valence-corrected chi connectivity index (χ0v) is 11.5. The fourth-order valence-corrected chi connectivity index (χ4v) is 2.03. The second-order valence-electron chi connectivity index (χ2n) is 4.52. The van der Waals surface area contributed by atoms with Gasteiger partial charge in [0.1, 0.15) is 6.54 Å². The lowest BCUT2D eigenvalue weighted by Crippen LogP contribution is -2.31. The molecule has 2 heterocycles. The van der Waals surface area contributed by atoms with Crippen LogP contribution in [-0.2, 0) is 17.9 Å². The number of aromatic nitrogens is 4. The first kappa shape index (κ1) is 13.3. The SMILES string of the molecule is CCn1nccc1C(C)NC(=O)Cn1ccc(C)n1. The molecule has 1 N–H and O–H groups in total. The standard InChI is InChI=1S/C13H19N5O/c1-4-18-12(5-7-14-18)11(3)15-13(19)9-17-8-6-10(2)16-17/h5-8,11H,4,9H2,1-3H3,(H,15,19). The molecule has 0 saturated carbocycles. The van der Waals surface area contributed by atoms with Crippen LogP contribution in [0.4, 0.5) is 0 Å². The van der Waals surface area contributed by atoms with E-state index in [-0.39, 0.29) is 18.5 Å². The smallest absolute Gasteiger partial charge is 0.242 e. The van der Waals surface area contributed by atoms with Crippen LogP contribution in [0.15, 0.2) is 24.5 Å². The number of amides is 1. The van der Waals surface area contributed by atoms with Crippen molar-refractivity contribution in [2.75, 3.05) is 0 Å². The number of aryl methyl sites for hydroxylation is 2. The largest absolute Gasteiger partial charge is 0.346 e. The summed E-state index contributed by atoms with van der Waals surface area (Å²) < 4.78 is 3.51. The summed E-state index contributed by atoms with van der Waals surface area (Å²) in [5.41, 5.74) is 1.91. The van der Waals surface area contributed by atoms with Crippen molar-refractivity contribution in [1.82, 2.24) is 24.9 Å². The number of rotatable bonds is 5. The quantitative estimate of drug-likeness (QED) is 0.882. The molecule has 0 aromatic carbocycles. The second kappa shape index (κ2) is 5.69. The van der Waals surface area contributed by atoms with E-state index in [2.05, 4.69) is 15.5 Å². The molecule has 102 valence electrons. The molecule has 6 heteroatoms. The van der Waals surface area contributed by atoms with Gasteiger partial charge in [-0.25, -0.2) is 0 Å². The van der Waals surface area contributed by atoms with Crippen molar-refractivity contribution in [2.24, 2.45) is 0 Å². The number of nitrogens with zero attached hydrogens (tertiary/aromatic N) is 4. The van der Waals surface area contributed by atoms with Crippen molar-refractivity contribution in [1.29, 1.82) is 0 Å². The van der Waals surface area contributed by atoms with Gasteiger partial charge in [-0.05, 0) is 32.9 Å². The van der Waals surface area contributed by atoms with Gasteiger partial charge in [-0.3, -0.25) is 14.2 Å². The molecule has 0 bridgehead atoms. The molecule has 19 heavy (non-hydrogen) atoms. The summed E-state index contributed by atoms with van der Waals surface area (Å²) in [6, 6.07) is 3.74. The van der Waals surface area contributed by atoms with Gasteiger partial charge in [-0.15, -0.1) is 0 Å². The Bertz CT molecular complexity index is 557. The highest BCUT2D eigenvalue weighted by Gasteiger charge is 2.13. The van der Waals surface area contributed by atoms with Crippen LogP contribution in [0.25, 0.3) is 0 Å². The topological polar surface area (TPSA) is 64.7 Å². The first-order valence-corrected chi connectivity index (χ1v) is 6.41. The van der Waals surface area contributed by atoms with Crippen molar-refractivity contribution < 1.29 is 4.79 Å². The van der Waals surface area contributed by atoms with Crippen molar-refractivity contribution in [3.05, 3.63) is 35.9 Å². The lowest BCUT2D eigenvalue weighted by molar-refractivity contribution is -0.122. The minimum Gasteiger partial charge on any atom is -0.346 e. The predicted octanol–water partition coefficient (Wildman–Crippen LogP) is 1.29. The minimum absolute atomic E-state index is 0.0561. The van der Waals surface area contributed by atoms with E-state index >= 15 is 0 Å². The molecule has 1 atom stereocenters. The summed E-state index contributed by atoms with van der Waals surface area (Å²) >= 11 is 0. The highest BCUT2D eigenvalue weighted by atomic mass is 16.2. The van der Waals surface area contributed by atoms with Crippen LogP contribution in [0, 0.1) is 6.92 Å². The molecule has 2 rings (SSSR count). The molecule has 1 unspecified atom stereocenters. The summed E-state index contributed by atoms with van der Waals surface area (Å²) in [4.78, 5) is 11.9. The predicted molar refractivity (Wildman–Crippen MR) is 71.4 cm³/mol. The average molecular weight is 261 g/mol. The Labute approximate surface area is 112 Å². The molecule has 1 amide bonds. The molecule has 0 aliphatic rings. The van der Waals surface area contributed by atoms with Crippen LogP contribution in [0.3, 0.4) is 0 Å². The molecular formula is C13H19N5O. The van der Waals surface area contributed by atoms with Gasteiger partial charge in [0.2, 0.25) is 5.91 Å². The van der Waals surface area contributed by atoms with Crippen LogP contribution in [-0.4, -0.2) is 25.5 Å². The van der Waals surface area contributed by atoms with Gasteiger partial charge in [0.15, 0.2) is 0 Å². The van der Waals surface area contributed by atoms with Gasteiger partial charge in [-0.1, -0.05) is 0 Å². The van der Waals surface area contributed by atoms with Gasteiger partial charge in [0.05, 0.1) is 17.4 Å². The molecule has 0 radical (unpaired) electrons. The fourth-order valence-electron chi connectivity index (χ4n) is 2.03. The molecule has 0 saturated heterocycles. The summed E-state index contributed by atoms with van der Waals surface area (Å²) in [6.45, 7) is 6.91. The zero-order chi connectivity index (χ0) is 13.8. The van der Waals surface area contributed by atoms with Gasteiger partial charge in [-0.2, -0.15) is 10.2 Å². The van der Waals surface area contributed by atoms with E-state index in [9.17, 15) is 4.79 Å². The summed E-state index contributed by atoms with van der Waals surface area (Å²) in [6.07, 6.45) is 3.55. The lowest BCUT2D eigenvalue weighted by atomic mass is 10.2. The molecule has 2 aromatic heterocycles. The molecule has 0 fully saturated rings. The molecule has 0 aliphatic carbocycles. The van der Waals surface area contributed by atoms with E-state index in [1.54, 1.807) is 17.1 Å². The highest BCUT2D eigenvalue weighted by molar-refractivity contribution is 5.76. The van der Waals surface area contributed by atoms with E-state index in [4.69, 9.17) is 0 Å².